The number of benzene rings is 1. The summed E-state index contributed by atoms with van der Waals surface area (Å²) >= 11 is 0. The van der Waals surface area contributed by atoms with Gasteiger partial charge in [0.1, 0.15) is 5.75 Å². The Morgan fingerprint density at radius 2 is 2.21 bits per heavy atom. The van der Waals surface area contributed by atoms with Crippen molar-refractivity contribution in [2.75, 3.05) is 26.7 Å². The van der Waals surface area contributed by atoms with Gasteiger partial charge in [0, 0.05) is 6.54 Å². The molecule has 3 nitrogen and oxygen atoms in total. The molecule has 1 atom stereocenters. The van der Waals surface area contributed by atoms with Gasteiger partial charge in [-0.15, -0.1) is 0 Å². The molecule has 1 heterocycles. The normalized spacial score (nSPS) is 20.2. The van der Waals surface area contributed by atoms with Crippen molar-refractivity contribution in [3.8, 4) is 5.75 Å². The molecule has 0 aromatic heterocycles. The van der Waals surface area contributed by atoms with Crippen LogP contribution in [-0.2, 0) is 0 Å². The zero-order chi connectivity index (χ0) is 13.7. The molecule has 1 saturated heterocycles. The number of hydrogen-bond acceptors (Lipinski definition) is 3. The summed E-state index contributed by atoms with van der Waals surface area (Å²) in [4.78, 5) is 14.7. The Morgan fingerprint density at radius 1 is 1.42 bits per heavy atom. The van der Waals surface area contributed by atoms with E-state index in [0.717, 1.165) is 19.0 Å². The first-order chi connectivity index (χ1) is 9.24. The van der Waals surface area contributed by atoms with Crippen LogP contribution in [-0.4, -0.2) is 37.4 Å². The van der Waals surface area contributed by atoms with Crippen molar-refractivity contribution in [2.45, 2.75) is 26.2 Å². The Morgan fingerprint density at radius 3 is 2.95 bits per heavy atom. The second kappa shape index (κ2) is 6.71. The lowest BCUT2D eigenvalue weighted by Gasteiger charge is -2.31. The SMILES string of the molecule is CCC1CCCN(CC(=O)c2ccccc2OC)C1. The van der Waals surface area contributed by atoms with E-state index >= 15 is 0 Å². The zero-order valence-electron chi connectivity index (χ0n) is 11.9. The maximum absolute atomic E-state index is 12.4. The van der Waals surface area contributed by atoms with E-state index in [2.05, 4.69) is 11.8 Å². The molecule has 1 unspecified atom stereocenters. The van der Waals surface area contributed by atoms with Crippen molar-refractivity contribution in [3.63, 3.8) is 0 Å². The first kappa shape index (κ1) is 14.1. The second-order valence-corrected chi connectivity index (χ2v) is 5.28. The Hall–Kier alpha value is -1.35. The molecule has 3 heteroatoms. The summed E-state index contributed by atoms with van der Waals surface area (Å²) in [6, 6.07) is 7.48. The molecule has 0 spiro atoms. The number of hydrogen-bond donors (Lipinski definition) is 0. The summed E-state index contributed by atoms with van der Waals surface area (Å²) < 4.78 is 5.26. The third kappa shape index (κ3) is 3.57. The maximum atomic E-state index is 12.4. The van der Waals surface area contributed by atoms with E-state index in [4.69, 9.17) is 4.74 Å². The molecule has 0 aliphatic carbocycles. The van der Waals surface area contributed by atoms with E-state index in [1.165, 1.54) is 19.3 Å². The Bertz CT molecular complexity index is 431. The number of ether oxygens (including phenoxy) is 1. The summed E-state index contributed by atoms with van der Waals surface area (Å²) in [5, 5.41) is 0. The van der Waals surface area contributed by atoms with Crippen LogP contribution in [0.4, 0.5) is 0 Å². The van der Waals surface area contributed by atoms with Crippen molar-refractivity contribution in [1.29, 1.82) is 0 Å². The number of Topliss-reactive ketones (excluding diaryl/α,β-unsaturated/α-hetero) is 1. The minimum Gasteiger partial charge on any atom is -0.496 e. The van der Waals surface area contributed by atoms with Gasteiger partial charge >= 0.3 is 0 Å². The van der Waals surface area contributed by atoms with Gasteiger partial charge in [0.25, 0.3) is 0 Å². The summed E-state index contributed by atoms with van der Waals surface area (Å²) in [6.07, 6.45) is 3.72. The first-order valence-corrected chi connectivity index (χ1v) is 7.13. The van der Waals surface area contributed by atoms with E-state index in [-0.39, 0.29) is 5.78 Å². The van der Waals surface area contributed by atoms with Gasteiger partial charge in [-0.2, -0.15) is 0 Å². The summed E-state index contributed by atoms with van der Waals surface area (Å²) in [5.41, 5.74) is 0.698. The fourth-order valence-corrected chi connectivity index (χ4v) is 2.79. The van der Waals surface area contributed by atoms with Crippen molar-refractivity contribution in [3.05, 3.63) is 29.8 Å². The predicted octanol–water partition coefficient (Wildman–Crippen LogP) is 3.00. The van der Waals surface area contributed by atoms with Crippen LogP contribution in [0.3, 0.4) is 0 Å². The van der Waals surface area contributed by atoms with Gasteiger partial charge < -0.3 is 4.74 Å². The molecule has 2 rings (SSSR count). The van der Waals surface area contributed by atoms with Crippen LogP contribution in [0.1, 0.15) is 36.5 Å². The summed E-state index contributed by atoms with van der Waals surface area (Å²) in [7, 11) is 1.61. The number of piperidine rings is 1. The molecule has 104 valence electrons. The Kier molecular flexibility index (Phi) is 4.97. The average molecular weight is 261 g/mol. The van der Waals surface area contributed by atoms with Crippen LogP contribution in [0.2, 0.25) is 0 Å². The highest BCUT2D eigenvalue weighted by molar-refractivity contribution is 6.00. The third-order valence-electron chi connectivity index (χ3n) is 3.96. The maximum Gasteiger partial charge on any atom is 0.180 e. The highest BCUT2D eigenvalue weighted by atomic mass is 16.5. The number of carbonyl (C=O) groups is 1. The van der Waals surface area contributed by atoms with E-state index in [1.54, 1.807) is 7.11 Å². The minimum absolute atomic E-state index is 0.161. The number of ketones is 1. The number of nitrogens with zero attached hydrogens (tertiary/aromatic N) is 1. The molecular weight excluding hydrogens is 238 g/mol. The second-order valence-electron chi connectivity index (χ2n) is 5.28. The number of methoxy groups -OCH3 is 1. The molecule has 0 N–H and O–H groups in total. The molecule has 1 aliphatic rings. The Labute approximate surface area is 115 Å². The lowest BCUT2D eigenvalue weighted by molar-refractivity contribution is 0.0882. The minimum atomic E-state index is 0.161. The van der Waals surface area contributed by atoms with Crippen LogP contribution in [0.25, 0.3) is 0 Å². The Balaban J connectivity index is 2.00. The largest absolute Gasteiger partial charge is 0.496 e. The van der Waals surface area contributed by atoms with Gasteiger partial charge in [-0.1, -0.05) is 25.5 Å². The lowest BCUT2D eigenvalue weighted by atomic mass is 9.95. The topological polar surface area (TPSA) is 29.5 Å². The molecule has 0 radical (unpaired) electrons. The molecule has 1 fully saturated rings. The van der Waals surface area contributed by atoms with Crippen LogP contribution in [0.15, 0.2) is 24.3 Å². The lowest BCUT2D eigenvalue weighted by Crippen LogP contribution is -2.38. The third-order valence-corrected chi connectivity index (χ3v) is 3.96. The van der Waals surface area contributed by atoms with Crippen molar-refractivity contribution in [1.82, 2.24) is 4.90 Å². The van der Waals surface area contributed by atoms with E-state index in [9.17, 15) is 4.79 Å². The highest BCUT2D eigenvalue weighted by Gasteiger charge is 2.21. The highest BCUT2D eigenvalue weighted by Crippen LogP contribution is 2.21. The van der Waals surface area contributed by atoms with E-state index in [0.29, 0.717) is 17.9 Å². The van der Waals surface area contributed by atoms with Gasteiger partial charge in [-0.05, 0) is 37.4 Å². The predicted molar refractivity (Wildman–Crippen MR) is 76.8 cm³/mol. The quantitative estimate of drug-likeness (QED) is 0.763. The smallest absolute Gasteiger partial charge is 0.180 e. The number of carbonyl (C=O) groups excluding carboxylic acids is 1. The summed E-state index contributed by atoms with van der Waals surface area (Å²) in [5.74, 6) is 1.59. The molecule has 19 heavy (non-hydrogen) atoms. The molecular formula is C16H23NO2. The molecule has 0 amide bonds. The van der Waals surface area contributed by atoms with Crippen LogP contribution in [0, 0.1) is 5.92 Å². The molecule has 1 aliphatic heterocycles. The van der Waals surface area contributed by atoms with Gasteiger partial charge in [-0.3, -0.25) is 9.69 Å². The number of rotatable bonds is 5. The van der Waals surface area contributed by atoms with Crippen molar-refractivity contribution < 1.29 is 9.53 Å². The van der Waals surface area contributed by atoms with Crippen LogP contribution in [0.5, 0.6) is 5.75 Å². The van der Waals surface area contributed by atoms with Gasteiger partial charge in [0.05, 0.1) is 19.2 Å². The molecule has 1 aromatic carbocycles. The number of likely N-dealkylation sites (tertiary alicyclic amines) is 1. The van der Waals surface area contributed by atoms with Gasteiger partial charge in [-0.25, -0.2) is 0 Å². The molecule has 1 aromatic rings. The number of para-hydroxylation sites is 1. The van der Waals surface area contributed by atoms with Crippen LogP contribution >= 0.6 is 0 Å². The van der Waals surface area contributed by atoms with Gasteiger partial charge in [0.2, 0.25) is 0 Å². The zero-order valence-corrected chi connectivity index (χ0v) is 11.9. The van der Waals surface area contributed by atoms with E-state index < -0.39 is 0 Å². The fraction of sp³-hybridized carbons (Fsp3) is 0.562. The van der Waals surface area contributed by atoms with Crippen molar-refractivity contribution in [2.24, 2.45) is 5.92 Å². The summed E-state index contributed by atoms with van der Waals surface area (Å²) in [6.45, 7) is 4.84. The van der Waals surface area contributed by atoms with Gasteiger partial charge in [0.15, 0.2) is 5.78 Å². The van der Waals surface area contributed by atoms with E-state index in [1.807, 2.05) is 24.3 Å². The first-order valence-electron chi connectivity index (χ1n) is 7.13. The average Bonchev–Trinajstić information content (AvgIpc) is 2.47. The standard InChI is InChI=1S/C16H23NO2/c1-3-13-7-6-10-17(11-13)12-15(18)14-8-4-5-9-16(14)19-2/h4-5,8-9,13H,3,6-7,10-12H2,1-2H3. The molecule has 0 bridgehead atoms. The fourth-order valence-electron chi connectivity index (χ4n) is 2.79. The monoisotopic (exact) mass is 261 g/mol. The van der Waals surface area contributed by atoms with Crippen LogP contribution < -0.4 is 4.74 Å². The van der Waals surface area contributed by atoms with Crippen molar-refractivity contribution >= 4 is 5.78 Å². The molecule has 0 saturated carbocycles.